The lowest BCUT2D eigenvalue weighted by molar-refractivity contribution is 0.0448. The zero-order chi connectivity index (χ0) is 36.1. The minimum Gasteiger partial charge on any atom is -0.468 e. The highest BCUT2D eigenvalue weighted by Gasteiger charge is 2.47. The first-order valence-corrected chi connectivity index (χ1v) is 20.5. The standard InChI is InChI=1S/C38H50F2N4O5Si/c1-9-26-29(39)12-11-24-17-25(48-23-46-6)18-27(30(24)26)32-31(40)33-28(34(42-32)44-16-10-13-37(5,45)20-44)19-41-35(43-33)47-21-38(14-15-38)22-49-50(7,8)36(2,3)4/h11-12,17-19,45H,9-10,13-16,20-23H2,1-8H3/t37-/m1/s1. The third-order valence-electron chi connectivity index (χ3n) is 10.7. The molecule has 0 bridgehead atoms. The maximum atomic E-state index is 17.1. The van der Waals surface area contributed by atoms with E-state index in [2.05, 4.69) is 43.8 Å². The molecule has 0 amide bonds. The van der Waals surface area contributed by atoms with Crippen LogP contribution >= 0.6 is 0 Å². The summed E-state index contributed by atoms with van der Waals surface area (Å²) in [5.74, 6) is -0.202. The van der Waals surface area contributed by atoms with Crippen LogP contribution in [0.3, 0.4) is 0 Å². The molecule has 2 aliphatic rings. The molecule has 2 fully saturated rings. The van der Waals surface area contributed by atoms with Gasteiger partial charge in [0.1, 0.15) is 28.6 Å². The molecule has 0 radical (unpaired) electrons. The highest BCUT2D eigenvalue weighted by Crippen LogP contribution is 2.48. The van der Waals surface area contributed by atoms with E-state index in [-0.39, 0.29) is 40.3 Å². The number of aryl methyl sites for hydroxylation is 1. The van der Waals surface area contributed by atoms with Crippen molar-refractivity contribution in [2.45, 2.75) is 90.5 Å². The quantitative estimate of drug-likeness (QED) is 0.115. The third kappa shape index (κ3) is 7.30. The number of ether oxygens (including phenoxy) is 3. The number of methoxy groups -OCH3 is 1. The number of halogens is 2. The van der Waals surface area contributed by atoms with Crippen molar-refractivity contribution in [3.8, 4) is 23.0 Å². The molecule has 0 spiro atoms. The second-order valence-electron chi connectivity index (χ2n) is 15.9. The second-order valence-corrected chi connectivity index (χ2v) is 20.7. The molecule has 12 heteroatoms. The third-order valence-corrected chi connectivity index (χ3v) is 15.2. The Balaban J connectivity index is 1.46. The molecule has 9 nitrogen and oxygen atoms in total. The van der Waals surface area contributed by atoms with E-state index >= 15 is 8.78 Å². The Bertz CT molecular complexity index is 1890. The fourth-order valence-corrected chi connectivity index (χ4v) is 7.52. The topological polar surface area (TPSA) is 99.1 Å². The average molecular weight is 709 g/mol. The van der Waals surface area contributed by atoms with Crippen molar-refractivity contribution >= 4 is 35.8 Å². The first-order valence-electron chi connectivity index (χ1n) is 17.5. The normalized spacial score (nSPS) is 19.3. The Morgan fingerprint density at radius 1 is 1.04 bits per heavy atom. The summed E-state index contributed by atoms with van der Waals surface area (Å²) >= 11 is 0. The fraction of sp³-hybridized carbons (Fsp3) is 0.553. The molecule has 6 rings (SSSR count). The number of fused-ring (bicyclic) bond motifs is 2. The zero-order valence-corrected chi connectivity index (χ0v) is 31.6. The largest absolute Gasteiger partial charge is 0.468 e. The molecule has 1 aliphatic heterocycles. The van der Waals surface area contributed by atoms with Crippen LogP contribution in [0.15, 0.2) is 30.5 Å². The summed E-state index contributed by atoms with van der Waals surface area (Å²) in [5.41, 5.74) is -0.237. The number of nitrogens with zero attached hydrogens (tertiary/aromatic N) is 4. The molecule has 2 aromatic heterocycles. The lowest BCUT2D eigenvalue weighted by Gasteiger charge is -2.38. The van der Waals surface area contributed by atoms with E-state index in [0.29, 0.717) is 78.0 Å². The van der Waals surface area contributed by atoms with E-state index in [1.165, 1.54) is 13.2 Å². The number of pyridine rings is 1. The van der Waals surface area contributed by atoms with Crippen LogP contribution < -0.4 is 14.4 Å². The lowest BCUT2D eigenvalue weighted by Crippen LogP contribution is -2.46. The minimum absolute atomic E-state index is 0.00281. The molecule has 1 saturated carbocycles. The Morgan fingerprint density at radius 3 is 2.46 bits per heavy atom. The van der Waals surface area contributed by atoms with Gasteiger partial charge in [0.25, 0.3) is 0 Å². The molecular weight excluding hydrogens is 659 g/mol. The molecule has 3 heterocycles. The van der Waals surface area contributed by atoms with Crippen LogP contribution in [-0.2, 0) is 15.6 Å². The Morgan fingerprint density at radius 2 is 1.80 bits per heavy atom. The number of β-amino-alcohol motifs (C(OH)–C–C–N with tert-alkyl or cyclic N) is 1. The second kappa shape index (κ2) is 13.6. The molecule has 1 atom stereocenters. The first-order chi connectivity index (χ1) is 23.6. The van der Waals surface area contributed by atoms with Crippen molar-refractivity contribution in [1.29, 1.82) is 0 Å². The van der Waals surface area contributed by atoms with Crippen LogP contribution in [0, 0.1) is 17.0 Å². The van der Waals surface area contributed by atoms with Gasteiger partial charge in [-0.05, 0) is 91.7 Å². The van der Waals surface area contributed by atoms with Crippen LogP contribution in [0.1, 0.15) is 65.9 Å². The van der Waals surface area contributed by atoms with Gasteiger partial charge in [-0.2, -0.15) is 4.98 Å². The molecule has 2 aromatic carbocycles. The number of anilines is 1. The van der Waals surface area contributed by atoms with E-state index in [1.807, 2.05) is 11.8 Å². The van der Waals surface area contributed by atoms with Crippen molar-refractivity contribution in [1.82, 2.24) is 15.0 Å². The minimum atomic E-state index is -1.95. The monoisotopic (exact) mass is 708 g/mol. The Hall–Kier alpha value is -3.45. The van der Waals surface area contributed by atoms with Crippen molar-refractivity contribution < 1.29 is 32.5 Å². The number of aromatic nitrogens is 3. The number of piperidine rings is 1. The van der Waals surface area contributed by atoms with Crippen LogP contribution in [0.4, 0.5) is 14.6 Å². The number of rotatable bonds is 12. The Kier molecular flexibility index (Phi) is 9.88. The summed E-state index contributed by atoms with van der Waals surface area (Å²) in [5, 5.41) is 12.8. The molecule has 50 heavy (non-hydrogen) atoms. The fourth-order valence-electron chi connectivity index (χ4n) is 6.42. The lowest BCUT2D eigenvalue weighted by atomic mass is 9.93. The van der Waals surface area contributed by atoms with Gasteiger partial charge in [0, 0.05) is 44.0 Å². The molecular formula is C38H50F2N4O5Si. The maximum Gasteiger partial charge on any atom is 0.317 e. The van der Waals surface area contributed by atoms with Crippen LogP contribution in [0.5, 0.6) is 11.8 Å². The van der Waals surface area contributed by atoms with Gasteiger partial charge in [-0.3, -0.25) is 0 Å². The molecule has 270 valence electrons. The number of hydrogen-bond acceptors (Lipinski definition) is 9. The van der Waals surface area contributed by atoms with Crippen LogP contribution in [-0.4, -0.2) is 74.2 Å². The summed E-state index contributed by atoms with van der Waals surface area (Å²) in [6, 6.07) is 6.59. The van der Waals surface area contributed by atoms with Crippen LogP contribution in [0.25, 0.3) is 32.9 Å². The van der Waals surface area contributed by atoms with E-state index in [4.69, 9.17) is 23.6 Å². The van der Waals surface area contributed by atoms with Gasteiger partial charge in [-0.1, -0.05) is 33.8 Å². The molecule has 1 saturated heterocycles. The predicted octanol–water partition coefficient (Wildman–Crippen LogP) is 8.20. The molecule has 0 unspecified atom stereocenters. The highest BCUT2D eigenvalue weighted by molar-refractivity contribution is 6.74. The molecule has 1 N–H and O–H groups in total. The van der Waals surface area contributed by atoms with Crippen molar-refractivity contribution in [3.63, 3.8) is 0 Å². The summed E-state index contributed by atoms with van der Waals surface area (Å²) in [4.78, 5) is 16.0. The SMILES string of the molecule is CCc1c(F)ccc2cc(OCOC)cc(-c3nc(N4CCC[C@@](C)(O)C4)c4cnc(OCC5(CO[Si](C)(C)C(C)(C)C)CC5)nc4c3F)c12. The van der Waals surface area contributed by atoms with Gasteiger partial charge in [-0.25, -0.2) is 18.7 Å². The smallest absolute Gasteiger partial charge is 0.317 e. The van der Waals surface area contributed by atoms with Crippen molar-refractivity contribution in [2.24, 2.45) is 5.41 Å². The summed E-state index contributed by atoms with van der Waals surface area (Å²) in [6.07, 6.45) is 5.23. The van der Waals surface area contributed by atoms with E-state index < -0.39 is 19.7 Å². The van der Waals surface area contributed by atoms with Crippen molar-refractivity contribution in [3.05, 3.63) is 47.7 Å². The number of aliphatic hydroxyl groups is 1. The van der Waals surface area contributed by atoms with Crippen molar-refractivity contribution in [2.75, 3.05) is 45.1 Å². The van der Waals surface area contributed by atoms with Crippen LogP contribution in [0.2, 0.25) is 18.1 Å². The summed E-state index contributed by atoms with van der Waals surface area (Å²) in [6.45, 7) is 16.6. The van der Waals surface area contributed by atoms with Gasteiger partial charge >= 0.3 is 6.01 Å². The number of hydrogen-bond donors (Lipinski definition) is 1. The zero-order valence-electron chi connectivity index (χ0n) is 30.6. The summed E-state index contributed by atoms with van der Waals surface area (Å²) < 4.78 is 56.1. The van der Waals surface area contributed by atoms with E-state index in [9.17, 15) is 5.11 Å². The predicted molar refractivity (Wildman–Crippen MR) is 194 cm³/mol. The van der Waals surface area contributed by atoms with Gasteiger partial charge in [-0.15, -0.1) is 0 Å². The molecule has 4 aromatic rings. The Labute approximate surface area is 294 Å². The average Bonchev–Trinajstić information content (AvgIpc) is 3.85. The summed E-state index contributed by atoms with van der Waals surface area (Å²) in [7, 11) is -0.429. The van der Waals surface area contributed by atoms with Gasteiger partial charge in [0.05, 0.1) is 17.6 Å². The highest BCUT2D eigenvalue weighted by atomic mass is 28.4. The van der Waals surface area contributed by atoms with Gasteiger partial charge in [0.2, 0.25) is 0 Å². The van der Waals surface area contributed by atoms with E-state index in [1.54, 1.807) is 31.3 Å². The van der Waals surface area contributed by atoms with Gasteiger partial charge < -0.3 is 28.6 Å². The molecule has 1 aliphatic carbocycles. The first kappa shape index (κ1) is 36.3. The van der Waals surface area contributed by atoms with Gasteiger partial charge in [0.15, 0.2) is 20.9 Å². The maximum absolute atomic E-state index is 17.1. The number of benzene rings is 2. The van der Waals surface area contributed by atoms with E-state index in [0.717, 1.165) is 19.3 Å².